The van der Waals surface area contributed by atoms with Crippen molar-refractivity contribution in [3.05, 3.63) is 35.1 Å². The van der Waals surface area contributed by atoms with Crippen molar-refractivity contribution in [1.29, 1.82) is 0 Å². The number of nitrogens with zero attached hydrogens (tertiary/aromatic N) is 1. The van der Waals surface area contributed by atoms with Crippen LogP contribution in [0.5, 0.6) is 0 Å². The van der Waals surface area contributed by atoms with Gasteiger partial charge in [0.05, 0.1) is 0 Å². The molecule has 1 heteroatoms. The molecule has 5 rings (SSSR count). The zero-order chi connectivity index (χ0) is 28.2. The lowest BCUT2D eigenvalue weighted by Crippen LogP contribution is -2.44. The van der Waals surface area contributed by atoms with E-state index in [2.05, 4.69) is 59.6 Å². The molecule has 5 aliphatic carbocycles. The van der Waals surface area contributed by atoms with Gasteiger partial charge in [0.1, 0.15) is 0 Å². The van der Waals surface area contributed by atoms with Crippen molar-refractivity contribution in [3.8, 4) is 0 Å². The molecule has 0 radical (unpaired) electrons. The molecule has 3 saturated carbocycles. The van der Waals surface area contributed by atoms with Gasteiger partial charge in [-0.1, -0.05) is 95.6 Å². The third-order valence-electron chi connectivity index (χ3n) is 12.6. The van der Waals surface area contributed by atoms with Crippen LogP contribution in [0.4, 0.5) is 0 Å². The Morgan fingerprint density at radius 1 is 0.974 bits per heavy atom. The molecule has 0 heterocycles. The lowest BCUT2D eigenvalue weighted by molar-refractivity contribution is -0.00693. The van der Waals surface area contributed by atoms with Gasteiger partial charge in [-0.3, -0.25) is 0 Å². The first-order chi connectivity index (χ1) is 18.7. The number of hydrogen-bond donors (Lipinski definition) is 0. The summed E-state index contributed by atoms with van der Waals surface area (Å²) < 4.78 is 0. The fraction of sp³-hybridized carbons (Fsp3) is 0.842. The van der Waals surface area contributed by atoms with Crippen LogP contribution >= 0.6 is 0 Å². The van der Waals surface area contributed by atoms with Crippen molar-refractivity contribution in [2.45, 2.75) is 157 Å². The van der Waals surface area contributed by atoms with E-state index in [-0.39, 0.29) is 0 Å². The summed E-state index contributed by atoms with van der Waals surface area (Å²) in [5, 5.41) is 0. The van der Waals surface area contributed by atoms with Gasteiger partial charge in [0.15, 0.2) is 0 Å². The van der Waals surface area contributed by atoms with Crippen molar-refractivity contribution in [1.82, 2.24) is 4.90 Å². The van der Waals surface area contributed by atoms with E-state index in [0.29, 0.717) is 11.3 Å². The molecule has 0 spiro atoms. The summed E-state index contributed by atoms with van der Waals surface area (Å²) >= 11 is 0. The van der Waals surface area contributed by atoms with Crippen LogP contribution in [0.1, 0.15) is 151 Å². The molecule has 3 fully saturated rings. The molecule has 0 N–H and O–H groups in total. The van der Waals surface area contributed by atoms with Crippen LogP contribution in [-0.2, 0) is 0 Å². The van der Waals surface area contributed by atoms with Crippen molar-refractivity contribution in [2.24, 2.45) is 40.9 Å². The summed E-state index contributed by atoms with van der Waals surface area (Å²) in [4.78, 5) is 2.63. The van der Waals surface area contributed by atoms with Crippen LogP contribution in [-0.4, -0.2) is 18.0 Å². The van der Waals surface area contributed by atoms with Crippen LogP contribution < -0.4 is 0 Å². The standard InChI is InChI=1S/C38H65N/c1-9-32(39(8)33-17-13-14-18-33)22-20-28(4)21-23-36(27(2)3)38(24-15-25-38)26-35-29(5)16-11-10-12-19-34-30(6)37(35)31(34)7/h9,27-28,30,33-36H,5,10-26H2,1-4,6-8H3/b32-9+. The van der Waals surface area contributed by atoms with Crippen molar-refractivity contribution in [3.63, 3.8) is 0 Å². The molecule has 2 bridgehead atoms. The zero-order valence-corrected chi connectivity index (χ0v) is 27.3. The summed E-state index contributed by atoms with van der Waals surface area (Å²) in [6.07, 6.45) is 26.1. The minimum atomic E-state index is 0.556. The molecular formula is C38H65N. The molecule has 5 aliphatic rings. The molecule has 0 amide bonds. The third kappa shape index (κ3) is 6.92. The topological polar surface area (TPSA) is 3.24 Å². The Morgan fingerprint density at radius 2 is 1.67 bits per heavy atom. The maximum Gasteiger partial charge on any atom is 0.0283 e. The van der Waals surface area contributed by atoms with E-state index in [1.807, 2.05) is 5.57 Å². The van der Waals surface area contributed by atoms with E-state index >= 15 is 0 Å². The number of rotatable bonds is 12. The second-order valence-corrected chi connectivity index (χ2v) is 15.2. The van der Waals surface area contributed by atoms with Gasteiger partial charge in [0.2, 0.25) is 0 Å². The minimum absolute atomic E-state index is 0.556. The van der Waals surface area contributed by atoms with E-state index in [0.717, 1.165) is 35.6 Å². The predicted molar refractivity (Wildman–Crippen MR) is 172 cm³/mol. The SMILES string of the molecule is C=C1CCCCCC2C(C)=C(C1CC1(C(CCC(C)CC/C(=C\C)N(C)C3CCCC3)C(C)C)CCC1)C2C. The first-order valence-electron chi connectivity index (χ1n) is 17.4. The minimum Gasteiger partial charge on any atom is -0.375 e. The maximum absolute atomic E-state index is 4.78. The highest BCUT2D eigenvalue weighted by molar-refractivity contribution is 5.37. The van der Waals surface area contributed by atoms with Crippen LogP contribution in [0, 0.1) is 40.9 Å². The Kier molecular flexibility index (Phi) is 10.9. The van der Waals surface area contributed by atoms with Gasteiger partial charge in [-0.25, -0.2) is 0 Å². The number of hydrogen-bond acceptors (Lipinski definition) is 1. The fourth-order valence-corrected chi connectivity index (χ4v) is 9.83. The Morgan fingerprint density at radius 3 is 2.26 bits per heavy atom. The Labute approximate surface area is 244 Å². The lowest BCUT2D eigenvalue weighted by Gasteiger charge is -2.54. The monoisotopic (exact) mass is 536 g/mol. The van der Waals surface area contributed by atoms with Crippen molar-refractivity contribution in [2.75, 3.05) is 7.05 Å². The molecule has 5 atom stereocenters. The van der Waals surface area contributed by atoms with Gasteiger partial charge in [-0.2, -0.15) is 0 Å². The van der Waals surface area contributed by atoms with Gasteiger partial charge >= 0.3 is 0 Å². The van der Waals surface area contributed by atoms with E-state index in [9.17, 15) is 0 Å². The van der Waals surface area contributed by atoms with E-state index in [1.54, 1.807) is 16.8 Å². The summed E-state index contributed by atoms with van der Waals surface area (Å²) in [5.74, 6) is 4.79. The Hall–Kier alpha value is -0.980. The average molecular weight is 536 g/mol. The Balaban J connectivity index is 1.39. The first kappa shape index (κ1) is 31.0. The van der Waals surface area contributed by atoms with E-state index < -0.39 is 0 Å². The highest BCUT2D eigenvalue weighted by Crippen LogP contribution is 2.60. The second kappa shape index (κ2) is 13.8. The first-order valence-corrected chi connectivity index (χ1v) is 17.4. The summed E-state index contributed by atoms with van der Waals surface area (Å²) in [6.45, 7) is 19.7. The molecule has 39 heavy (non-hydrogen) atoms. The fourth-order valence-electron chi connectivity index (χ4n) is 9.83. The van der Waals surface area contributed by atoms with Crippen molar-refractivity contribution < 1.29 is 0 Å². The molecule has 222 valence electrons. The molecule has 0 aromatic rings. The van der Waals surface area contributed by atoms with Gasteiger partial charge in [-0.15, -0.1) is 0 Å². The van der Waals surface area contributed by atoms with Crippen LogP contribution in [0.25, 0.3) is 0 Å². The van der Waals surface area contributed by atoms with Gasteiger partial charge in [0.25, 0.3) is 0 Å². The molecule has 0 aliphatic heterocycles. The third-order valence-corrected chi connectivity index (χ3v) is 12.6. The Bertz CT molecular complexity index is 863. The molecular weight excluding hydrogens is 470 g/mol. The van der Waals surface area contributed by atoms with Gasteiger partial charge < -0.3 is 4.90 Å². The lowest BCUT2D eigenvalue weighted by atomic mass is 9.51. The van der Waals surface area contributed by atoms with Crippen molar-refractivity contribution >= 4 is 0 Å². The number of allylic oxidation sites excluding steroid dienone is 5. The largest absolute Gasteiger partial charge is 0.375 e. The molecule has 0 saturated heterocycles. The second-order valence-electron chi connectivity index (χ2n) is 15.2. The van der Waals surface area contributed by atoms with E-state index in [1.165, 1.54) is 109 Å². The summed E-state index contributed by atoms with van der Waals surface area (Å²) in [7, 11) is 2.36. The average Bonchev–Trinajstić information content (AvgIpc) is 3.43. The molecule has 0 aromatic carbocycles. The van der Waals surface area contributed by atoms with Crippen LogP contribution in [0.3, 0.4) is 0 Å². The van der Waals surface area contributed by atoms with Crippen LogP contribution in [0.15, 0.2) is 35.1 Å². The number of fused-ring (bicyclic) bond motifs is 6. The highest BCUT2D eigenvalue weighted by Gasteiger charge is 2.49. The predicted octanol–water partition coefficient (Wildman–Crippen LogP) is 11.5. The summed E-state index contributed by atoms with van der Waals surface area (Å²) in [5.41, 5.74) is 7.34. The van der Waals surface area contributed by atoms with E-state index in [4.69, 9.17) is 6.58 Å². The van der Waals surface area contributed by atoms with Gasteiger partial charge in [-0.05, 0) is 119 Å². The smallest absolute Gasteiger partial charge is 0.0283 e. The summed E-state index contributed by atoms with van der Waals surface area (Å²) in [6, 6.07) is 0.791. The molecule has 0 aromatic heterocycles. The quantitative estimate of drug-likeness (QED) is 0.225. The van der Waals surface area contributed by atoms with Gasteiger partial charge in [0, 0.05) is 24.7 Å². The normalized spacial score (nSPS) is 29.7. The molecule has 5 unspecified atom stereocenters. The highest BCUT2D eigenvalue weighted by atomic mass is 15.1. The molecule has 1 nitrogen and oxygen atoms in total. The maximum atomic E-state index is 4.78. The zero-order valence-electron chi connectivity index (χ0n) is 27.3. The van der Waals surface area contributed by atoms with Crippen LogP contribution in [0.2, 0.25) is 0 Å².